The molecule has 138 valence electrons. The van der Waals surface area contributed by atoms with Gasteiger partial charge in [0.15, 0.2) is 6.10 Å². The molecule has 7 nitrogen and oxygen atoms in total. The molecule has 1 atom stereocenters. The van der Waals surface area contributed by atoms with Crippen LogP contribution in [-0.4, -0.2) is 32.8 Å². The molecule has 3 N–H and O–H groups in total. The molecule has 1 unspecified atom stereocenters. The van der Waals surface area contributed by atoms with Gasteiger partial charge in [0.05, 0.1) is 11.3 Å². The fourth-order valence-electron chi connectivity index (χ4n) is 2.63. The lowest BCUT2D eigenvalue weighted by Crippen LogP contribution is -2.42. The van der Waals surface area contributed by atoms with Gasteiger partial charge in [0.2, 0.25) is 0 Å². The van der Waals surface area contributed by atoms with Crippen LogP contribution in [0.4, 0.5) is 0 Å². The van der Waals surface area contributed by atoms with Gasteiger partial charge in [-0.2, -0.15) is 0 Å². The first-order valence-electron chi connectivity index (χ1n) is 8.40. The fraction of sp³-hybridized carbons (Fsp3) is 0.529. The summed E-state index contributed by atoms with van der Waals surface area (Å²) in [6, 6.07) is 5.04. The van der Waals surface area contributed by atoms with Gasteiger partial charge >= 0.3 is 0 Å². The van der Waals surface area contributed by atoms with Crippen LogP contribution in [0, 0.1) is 5.92 Å². The third kappa shape index (κ3) is 4.72. The van der Waals surface area contributed by atoms with Crippen LogP contribution in [0.15, 0.2) is 22.6 Å². The number of carbonyl (C=O) groups excluding carboxylic acids is 1. The molecule has 8 heteroatoms. The van der Waals surface area contributed by atoms with Crippen LogP contribution in [0.5, 0.6) is 5.75 Å². The molecule has 0 aliphatic carbocycles. The van der Waals surface area contributed by atoms with Crippen molar-refractivity contribution >= 4 is 21.8 Å². The summed E-state index contributed by atoms with van der Waals surface area (Å²) in [7, 11) is -3.61. The van der Waals surface area contributed by atoms with Crippen molar-refractivity contribution in [3.8, 4) is 5.75 Å². The average molecular weight is 367 g/mol. The summed E-state index contributed by atoms with van der Waals surface area (Å²) in [6.07, 6.45) is 1.19. The largest absolute Gasteiger partial charge is 0.480 e. The Balaban J connectivity index is 2.28. The summed E-state index contributed by atoms with van der Waals surface area (Å²) in [5.41, 5.74) is 6.81. The zero-order chi connectivity index (χ0) is 18.6. The monoisotopic (exact) mass is 367 g/mol. The molecule has 25 heavy (non-hydrogen) atoms. The molecular formula is C17H25N3O4S. The Kier molecular flexibility index (Phi) is 6.05. The Bertz CT molecular complexity index is 772. The van der Waals surface area contributed by atoms with E-state index in [1.165, 1.54) is 0 Å². The van der Waals surface area contributed by atoms with Crippen LogP contribution < -0.4 is 15.8 Å². The zero-order valence-electron chi connectivity index (χ0n) is 14.8. The number of ether oxygens (including phenoxy) is 1. The minimum atomic E-state index is -3.61. The number of hydrogen-bond acceptors (Lipinski definition) is 5. The maximum absolute atomic E-state index is 12.4. The quantitative estimate of drug-likeness (QED) is 0.711. The van der Waals surface area contributed by atoms with Gasteiger partial charge in [-0.05, 0) is 24.0 Å². The summed E-state index contributed by atoms with van der Waals surface area (Å²) in [6.45, 7) is 6.42. The molecular weight excluding hydrogens is 342 g/mol. The molecule has 1 amide bonds. The summed E-state index contributed by atoms with van der Waals surface area (Å²) < 4.78 is 33.0. The smallest absolute Gasteiger partial charge is 0.261 e. The molecule has 2 rings (SSSR count). The number of nitrogens with zero attached hydrogens (tertiary/aromatic N) is 1. The van der Waals surface area contributed by atoms with Gasteiger partial charge in [-0.15, -0.1) is 4.40 Å². The minimum Gasteiger partial charge on any atom is -0.480 e. The van der Waals surface area contributed by atoms with Crippen LogP contribution in [0.3, 0.4) is 0 Å². The van der Waals surface area contributed by atoms with E-state index in [0.29, 0.717) is 23.4 Å². The molecule has 0 saturated heterocycles. The third-order valence-corrected chi connectivity index (χ3v) is 5.04. The van der Waals surface area contributed by atoms with Crippen LogP contribution in [0.25, 0.3) is 0 Å². The van der Waals surface area contributed by atoms with E-state index < -0.39 is 16.1 Å². The highest BCUT2D eigenvalue weighted by molar-refractivity contribution is 7.89. The van der Waals surface area contributed by atoms with Crippen molar-refractivity contribution in [2.75, 3.05) is 6.54 Å². The van der Waals surface area contributed by atoms with Gasteiger partial charge in [-0.1, -0.05) is 39.3 Å². The number of benzene rings is 1. The van der Waals surface area contributed by atoms with Crippen LogP contribution in [-0.2, 0) is 20.6 Å². The molecule has 1 aromatic carbocycles. The number of fused-ring (bicyclic) bond motifs is 1. The molecule has 0 aromatic heterocycles. The fourth-order valence-corrected chi connectivity index (χ4v) is 3.72. The molecule has 0 spiro atoms. The number of nitrogens with two attached hydrogens (primary N) is 1. The second kappa shape index (κ2) is 7.86. The van der Waals surface area contributed by atoms with Gasteiger partial charge in [0, 0.05) is 6.54 Å². The summed E-state index contributed by atoms with van der Waals surface area (Å²) in [5.74, 6) is -0.221. The van der Waals surface area contributed by atoms with Gasteiger partial charge in [-0.3, -0.25) is 4.79 Å². The number of rotatable bonds is 7. The minimum absolute atomic E-state index is 0.0667. The molecule has 1 heterocycles. The number of amides is 1. The number of nitrogens with one attached hydrogen (secondary N) is 1. The van der Waals surface area contributed by atoms with E-state index >= 15 is 0 Å². The maximum atomic E-state index is 12.4. The Morgan fingerprint density at radius 1 is 1.40 bits per heavy atom. The lowest BCUT2D eigenvalue weighted by Gasteiger charge is -2.25. The van der Waals surface area contributed by atoms with E-state index in [-0.39, 0.29) is 23.4 Å². The van der Waals surface area contributed by atoms with E-state index in [9.17, 15) is 13.2 Å². The lowest BCUT2D eigenvalue weighted by molar-refractivity contribution is -0.129. The molecule has 0 radical (unpaired) electrons. The Morgan fingerprint density at radius 3 is 2.76 bits per heavy atom. The Labute approximate surface area is 148 Å². The van der Waals surface area contributed by atoms with Crippen molar-refractivity contribution in [3.05, 3.63) is 29.3 Å². The topological polar surface area (TPSA) is 111 Å². The Morgan fingerprint density at radius 2 is 2.12 bits per heavy atom. The number of carbonyl (C=O) groups is 1. The average Bonchev–Trinajstić information content (AvgIpc) is 2.50. The molecule has 0 bridgehead atoms. The van der Waals surface area contributed by atoms with Crippen LogP contribution in [0.2, 0.25) is 0 Å². The number of unbranched alkanes of at least 4 members (excludes halogenated alkanes) is 1. The van der Waals surface area contributed by atoms with Gasteiger partial charge in [-0.25, -0.2) is 8.42 Å². The first-order chi connectivity index (χ1) is 11.7. The first kappa shape index (κ1) is 19.2. The molecule has 0 fully saturated rings. The van der Waals surface area contributed by atoms with Gasteiger partial charge < -0.3 is 15.8 Å². The van der Waals surface area contributed by atoms with E-state index in [1.54, 1.807) is 18.2 Å². The molecule has 1 aromatic rings. The predicted molar refractivity (Wildman–Crippen MR) is 97.0 cm³/mol. The van der Waals surface area contributed by atoms with Crippen molar-refractivity contribution in [1.82, 2.24) is 5.32 Å². The number of amidine groups is 1. The predicted octanol–water partition coefficient (Wildman–Crippen LogP) is 1.55. The maximum Gasteiger partial charge on any atom is 0.261 e. The number of hydrogen-bond donors (Lipinski definition) is 2. The summed E-state index contributed by atoms with van der Waals surface area (Å²) in [4.78, 5) is 12.4. The zero-order valence-corrected chi connectivity index (χ0v) is 15.6. The summed E-state index contributed by atoms with van der Waals surface area (Å²) >= 11 is 0. The first-order valence-corrected chi connectivity index (χ1v) is 10.0. The highest BCUT2D eigenvalue weighted by atomic mass is 32.2. The van der Waals surface area contributed by atoms with Crippen molar-refractivity contribution in [1.29, 1.82) is 0 Å². The highest BCUT2D eigenvalue weighted by Gasteiger charge is 2.29. The van der Waals surface area contributed by atoms with Crippen molar-refractivity contribution < 1.29 is 17.9 Å². The van der Waals surface area contributed by atoms with Crippen molar-refractivity contribution in [2.24, 2.45) is 16.0 Å². The van der Waals surface area contributed by atoms with Crippen molar-refractivity contribution in [3.63, 3.8) is 0 Å². The summed E-state index contributed by atoms with van der Waals surface area (Å²) in [5, 5.41) is 2.87. The van der Waals surface area contributed by atoms with Crippen LogP contribution in [0.1, 0.15) is 44.7 Å². The second-order valence-electron chi connectivity index (χ2n) is 6.42. The van der Waals surface area contributed by atoms with E-state index in [4.69, 9.17) is 10.5 Å². The molecule has 0 saturated carbocycles. The van der Waals surface area contributed by atoms with Gasteiger partial charge in [0.1, 0.15) is 11.6 Å². The lowest BCUT2D eigenvalue weighted by atomic mass is 10.0. The highest BCUT2D eigenvalue weighted by Crippen LogP contribution is 2.29. The van der Waals surface area contributed by atoms with E-state index in [2.05, 4.69) is 16.6 Å². The molecule has 1 aliphatic heterocycles. The van der Waals surface area contributed by atoms with Crippen LogP contribution >= 0.6 is 0 Å². The Hall–Kier alpha value is -2.09. The van der Waals surface area contributed by atoms with E-state index in [0.717, 1.165) is 12.8 Å². The normalized spacial score (nSPS) is 16.7. The van der Waals surface area contributed by atoms with Gasteiger partial charge in [0.25, 0.3) is 15.9 Å². The third-order valence-electron chi connectivity index (χ3n) is 3.89. The SMILES string of the molecule is CCCCNC(=O)C(Oc1cccc2c1C(N)=NS(=O)(=O)C2)C(C)C. The second-order valence-corrected chi connectivity index (χ2v) is 8.06. The van der Waals surface area contributed by atoms with Crippen molar-refractivity contribution in [2.45, 2.75) is 45.5 Å². The number of sulfonamides is 1. The molecule has 1 aliphatic rings. The standard InChI is InChI=1S/C17H25N3O4S/c1-4-5-9-19-17(21)15(11(2)3)24-13-8-6-7-12-10-25(22,23)20-16(18)14(12)13/h6-8,11,15H,4-5,9-10H2,1-3H3,(H2,18,20)(H,19,21). The van der Waals surface area contributed by atoms with E-state index in [1.807, 2.05) is 13.8 Å².